The molecule has 0 unspecified atom stereocenters. The number of anilines is 1. The van der Waals surface area contributed by atoms with Crippen LogP contribution in [0.4, 0.5) is 15.8 Å². The number of benzene rings is 2. The first kappa shape index (κ1) is 16.5. The number of amides is 1. The summed E-state index contributed by atoms with van der Waals surface area (Å²) < 4.78 is 14.4. The SMILES string of the molecule is O=C(Nc1ccc(F)c(Cl)c1)c1ccc(-n2cncn2)c([N+](=O)[O-])c1. The highest BCUT2D eigenvalue weighted by atomic mass is 35.5. The molecule has 0 bridgehead atoms. The van der Waals surface area contributed by atoms with Crippen LogP contribution >= 0.6 is 11.6 Å². The highest BCUT2D eigenvalue weighted by Crippen LogP contribution is 2.25. The Kier molecular flexibility index (Phi) is 4.40. The molecule has 0 spiro atoms. The Morgan fingerprint density at radius 3 is 2.72 bits per heavy atom. The van der Waals surface area contributed by atoms with Crippen molar-refractivity contribution in [2.75, 3.05) is 5.32 Å². The van der Waals surface area contributed by atoms with E-state index >= 15 is 0 Å². The lowest BCUT2D eigenvalue weighted by Gasteiger charge is -2.08. The number of carbonyl (C=O) groups excluding carboxylic acids is 1. The van der Waals surface area contributed by atoms with Crippen LogP contribution in [0.2, 0.25) is 5.02 Å². The van der Waals surface area contributed by atoms with Gasteiger partial charge in [-0.3, -0.25) is 14.9 Å². The van der Waals surface area contributed by atoms with Crippen molar-refractivity contribution in [3.05, 3.63) is 75.6 Å². The molecule has 1 amide bonds. The fourth-order valence-electron chi connectivity index (χ4n) is 2.11. The summed E-state index contributed by atoms with van der Waals surface area (Å²) >= 11 is 5.66. The summed E-state index contributed by atoms with van der Waals surface area (Å²) in [7, 11) is 0. The molecule has 2 aromatic carbocycles. The third kappa shape index (κ3) is 3.45. The van der Waals surface area contributed by atoms with Crippen LogP contribution in [0.3, 0.4) is 0 Å². The van der Waals surface area contributed by atoms with Crippen LogP contribution in [0.1, 0.15) is 10.4 Å². The molecule has 0 saturated heterocycles. The molecule has 0 fully saturated rings. The van der Waals surface area contributed by atoms with Gasteiger partial charge in [0.1, 0.15) is 24.2 Å². The lowest BCUT2D eigenvalue weighted by molar-refractivity contribution is -0.384. The molecule has 3 aromatic rings. The minimum Gasteiger partial charge on any atom is -0.322 e. The first-order valence-corrected chi connectivity index (χ1v) is 7.23. The van der Waals surface area contributed by atoms with Gasteiger partial charge in [-0.15, -0.1) is 0 Å². The molecule has 1 heterocycles. The number of aromatic nitrogens is 3. The molecule has 0 saturated carbocycles. The topological polar surface area (TPSA) is 103 Å². The fraction of sp³-hybridized carbons (Fsp3) is 0. The number of nitro benzene ring substituents is 1. The van der Waals surface area contributed by atoms with E-state index in [1.165, 1.54) is 41.6 Å². The van der Waals surface area contributed by atoms with Gasteiger partial charge in [0.15, 0.2) is 0 Å². The molecule has 1 N–H and O–H groups in total. The first-order chi connectivity index (χ1) is 12.0. The monoisotopic (exact) mass is 361 g/mol. The lowest BCUT2D eigenvalue weighted by Crippen LogP contribution is -2.13. The summed E-state index contributed by atoms with van der Waals surface area (Å²) in [5.41, 5.74) is 0.176. The predicted octanol–water partition coefficient (Wildman–Crippen LogP) is 3.22. The Labute approximate surface area is 145 Å². The number of nitro groups is 1. The molecular weight excluding hydrogens is 353 g/mol. The highest BCUT2D eigenvalue weighted by Gasteiger charge is 2.19. The summed E-state index contributed by atoms with van der Waals surface area (Å²) in [5, 5.41) is 17.5. The van der Waals surface area contributed by atoms with Crippen LogP contribution in [0, 0.1) is 15.9 Å². The second-order valence-corrected chi connectivity index (χ2v) is 5.29. The molecular formula is C15H9ClFN5O3. The third-order valence-corrected chi connectivity index (χ3v) is 3.57. The molecule has 0 radical (unpaired) electrons. The van der Waals surface area contributed by atoms with Gasteiger partial charge in [-0.05, 0) is 30.3 Å². The minimum absolute atomic E-state index is 0.0519. The molecule has 3 rings (SSSR count). The molecule has 126 valence electrons. The van der Waals surface area contributed by atoms with E-state index < -0.39 is 16.6 Å². The summed E-state index contributed by atoms with van der Waals surface area (Å²) in [5.74, 6) is -1.22. The number of hydrogen-bond acceptors (Lipinski definition) is 5. The van der Waals surface area contributed by atoms with Gasteiger partial charge in [-0.2, -0.15) is 5.10 Å². The average Bonchev–Trinajstić information content (AvgIpc) is 3.12. The predicted molar refractivity (Wildman–Crippen MR) is 87.4 cm³/mol. The minimum atomic E-state index is -0.622. The van der Waals surface area contributed by atoms with Gasteiger partial charge >= 0.3 is 0 Å². The molecule has 10 heteroatoms. The van der Waals surface area contributed by atoms with Gasteiger partial charge in [0.05, 0.1) is 9.95 Å². The fourth-order valence-corrected chi connectivity index (χ4v) is 2.29. The quantitative estimate of drug-likeness (QED) is 0.567. The van der Waals surface area contributed by atoms with Gasteiger partial charge in [0, 0.05) is 17.3 Å². The number of nitrogens with zero attached hydrogens (tertiary/aromatic N) is 4. The van der Waals surface area contributed by atoms with Crippen molar-refractivity contribution in [1.29, 1.82) is 0 Å². The van der Waals surface area contributed by atoms with Crippen molar-refractivity contribution in [3.8, 4) is 5.69 Å². The third-order valence-electron chi connectivity index (χ3n) is 3.28. The largest absolute Gasteiger partial charge is 0.322 e. The van der Waals surface area contributed by atoms with Gasteiger partial charge in [-0.25, -0.2) is 14.1 Å². The van der Waals surface area contributed by atoms with Crippen molar-refractivity contribution in [3.63, 3.8) is 0 Å². The Hall–Kier alpha value is -3.33. The summed E-state index contributed by atoms with van der Waals surface area (Å²) in [4.78, 5) is 26.7. The van der Waals surface area contributed by atoms with Crippen LogP contribution in [0.15, 0.2) is 49.1 Å². The maximum Gasteiger partial charge on any atom is 0.295 e. The Morgan fingerprint density at radius 1 is 1.28 bits per heavy atom. The molecule has 0 atom stereocenters. The first-order valence-electron chi connectivity index (χ1n) is 6.85. The summed E-state index contributed by atoms with van der Waals surface area (Å²) in [6.45, 7) is 0. The molecule has 0 aliphatic heterocycles. The normalized spacial score (nSPS) is 10.5. The average molecular weight is 362 g/mol. The van der Waals surface area contributed by atoms with Gasteiger partial charge < -0.3 is 5.32 Å². The Morgan fingerprint density at radius 2 is 2.08 bits per heavy atom. The maximum absolute atomic E-state index is 13.1. The van der Waals surface area contributed by atoms with Crippen LogP contribution in [-0.4, -0.2) is 25.6 Å². The standard InChI is InChI=1S/C15H9ClFN5O3/c16-11-6-10(2-3-12(11)17)20-15(23)9-1-4-13(14(5-9)22(24)25)21-8-18-7-19-21/h1-8H,(H,20,23). The molecule has 25 heavy (non-hydrogen) atoms. The number of hydrogen-bond donors (Lipinski definition) is 1. The van der Waals surface area contributed by atoms with E-state index in [1.54, 1.807) is 0 Å². The van der Waals surface area contributed by atoms with Crippen LogP contribution in [0.25, 0.3) is 5.69 Å². The lowest BCUT2D eigenvalue weighted by atomic mass is 10.1. The van der Waals surface area contributed by atoms with Crippen molar-refractivity contribution < 1.29 is 14.1 Å². The molecule has 8 nitrogen and oxygen atoms in total. The summed E-state index contributed by atoms with van der Waals surface area (Å²) in [6, 6.07) is 7.60. The van der Waals surface area contributed by atoms with E-state index in [-0.39, 0.29) is 27.6 Å². The van der Waals surface area contributed by atoms with Crippen LogP contribution in [-0.2, 0) is 0 Å². The summed E-state index contributed by atoms with van der Waals surface area (Å²) in [6.07, 6.45) is 2.55. The molecule has 1 aromatic heterocycles. The number of nitrogens with one attached hydrogen (secondary N) is 1. The van der Waals surface area contributed by atoms with Gasteiger partial charge in [-0.1, -0.05) is 11.6 Å². The van der Waals surface area contributed by atoms with Crippen LogP contribution < -0.4 is 5.32 Å². The van der Waals surface area contributed by atoms with E-state index in [0.717, 1.165) is 12.1 Å². The number of rotatable bonds is 4. The van der Waals surface area contributed by atoms with Crippen molar-refractivity contribution in [1.82, 2.24) is 14.8 Å². The number of carbonyl (C=O) groups is 1. The van der Waals surface area contributed by atoms with E-state index in [9.17, 15) is 19.3 Å². The van der Waals surface area contributed by atoms with Crippen LogP contribution in [0.5, 0.6) is 0 Å². The smallest absolute Gasteiger partial charge is 0.295 e. The highest BCUT2D eigenvalue weighted by molar-refractivity contribution is 6.31. The second-order valence-electron chi connectivity index (χ2n) is 4.88. The zero-order valence-electron chi connectivity index (χ0n) is 12.4. The van der Waals surface area contributed by atoms with E-state index in [4.69, 9.17) is 11.6 Å². The van der Waals surface area contributed by atoms with Crippen molar-refractivity contribution >= 4 is 28.9 Å². The van der Waals surface area contributed by atoms with E-state index in [2.05, 4.69) is 15.4 Å². The molecule has 0 aliphatic carbocycles. The van der Waals surface area contributed by atoms with E-state index in [1.807, 2.05) is 0 Å². The van der Waals surface area contributed by atoms with Crippen molar-refractivity contribution in [2.24, 2.45) is 0 Å². The van der Waals surface area contributed by atoms with Gasteiger partial charge in [0.2, 0.25) is 0 Å². The Bertz CT molecular complexity index is 962. The van der Waals surface area contributed by atoms with Crippen molar-refractivity contribution in [2.45, 2.75) is 0 Å². The zero-order chi connectivity index (χ0) is 18.0. The number of halogens is 2. The second kappa shape index (κ2) is 6.65. The zero-order valence-corrected chi connectivity index (χ0v) is 13.1. The molecule has 0 aliphatic rings. The van der Waals surface area contributed by atoms with E-state index in [0.29, 0.717) is 0 Å². The Balaban J connectivity index is 1.91. The maximum atomic E-state index is 13.1. The van der Waals surface area contributed by atoms with Gasteiger partial charge in [0.25, 0.3) is 11.6 Å².